The third-order valence-corrected chi connectivity index (χ3v) is 5.75. The normalized spacial score (nSPS) is 13.6. The largest absolute Gasteiger partial charge is 0.353 e. The monoisotopic (exact) mass is 382 g/mol. The fourth-order valence-corrected chi connectivity index (χ4v) is 4.55. The predicted molar refractivity (Wildman–Crippen MR) is 109 cm³/mol. The zero-order valence-corrected chi connectivity index (χ0v) is 16.5. The molecule has 0 bridgehead atoms. The molecule has 1 N–H and O–H groups in total. The van der Waals surface area contributed by atoms with Crippen molar-refractivity contribution in [1.29, 1.82) is 0 Å². The van der Waals surface area contributed by atoms with E-state index in [2.05, 4.69) is 16.0 Å². The molecule has 0 unspecified atom stereocenters. The van der Waals surface area contributed by atoms with Gasteiger partial charge in [-0.2, -0.15) is 0 Å². The number of fused-ring (bicyclic) bond motifs is 2. The summed E-state index contributed by atoms with van der Waals surface area (Å²) in [6.07, 6.45) is 0.885. The molecule has 7 heteroatoms. The molecule has 0 saturated carbocycles. The van der Waals surface area contributed by atoms with E-state index in [1.165, 1.54) is 17.3 Å². The lowest BCUT2D eigenvalue weighted by molar-refractivity contribution is -0.116. The Bertz CT molecular complexity index is 1080. The minimum atomic E-state index is -0.0930. The van der Waals surface area contributed by atoms with Gasteiger partial charge in [-0.3, -0.25) is 14.2 Å². The van der Waals surface area contributed by atoms with E-state index in [9.17, 15) is 9.59 Å². The first-order chi connectivity index (χ1) is 13.0. The summed E-state index contributed by atoms with van der Waals surface area (Å²) < 4.78 is 1.66. The standard InChI is InChI=1S/C20H22N4O2S/c1-12(2)24-19(26)18-15(10-13(3)21-18)22-20(24)27-11-17(25)23-9-8-14-6-4-5-7-16(14)23/h4-7,10,12,21H,8-9,11H2,1-3H3. The number of aryl methyl sites for hydroxylation is 1. The minimum Gasteiger partial charge on any atom is -0.353 e. The fraction of sp³-hybridized carbons (Fsp3) is 0.350. The second-order valence-corrected chi connectivity index (χ2v) is 8.03. The zero-order valence-electron chi connectivity index (χ0n) is 15.7. The van der Waals surface area contributed by atoms with E-state index >= 15 is 0 Å². The Morgan fingerprint density at radius 1 is 1.33 bits per heavy atom. The molecule has 1 amide bonds. The van der Waals surface area contributed by atoms with Gasteiger partial charge >= 0.3 is 0 Å². The maximum atomic E-state index is 12.9. The predicted octanol–water partition coefficient (Wildman–Crippen LogP) is 3.30. The van der Waals surface area contributed by atoms with Crippen LogP contribution >= 0.6 is 11.8 Å². The highest BCUT2D eigenvalue weighted by atomic mass is 32.2. The van der Waals surface area contributed by atoms with Gasteiger partial charge in [0.05, 0.1) is 11.3 Å². The molecule has 4 rings (SSSR count). The zero-order chi connectivity index (χ0) is 19.1. The van der Waals surface area contributed by atoms with Gasteiger partial charge in [0.1, 0.15) is 5.52 Å². The number of carbonyl (C=O) groups is 1. The quantitative estimate of drug-likeness (QED) is 0.555. The first-order valence-electron chi connectivity index (χ1n) is 9.08. The van der Waals surface area contributed by atoms with Gasteiger partial charge in [-0.1, -0.05) is 30.0 Å². The smallest absolute Gasteiger partial charge is 0.278 e. The van der Waals surface area contributed by atoms with Gasteiger partial charge in [-0.15, -0.1) is 0 Å². The summed E-state index contributed by atoms with van der Waals surface area (Å²) in [4.78, 5) is 35.2. The summed E-state index contributed by atoms with van der Waals surface area (Å²) in [6, 6.07) is 9.84. The van der Waals surface area contributed by atoms with Gasteiger partial charge in [0.15, 0.2) is 5.16 Å². The van der Waals surface area contributed by atoms with Crippen LogP contribution in [0.5, 0.6) is 0 Å². The van der Waals surface area contributed by atoms with Crippen molar-refractivity contribution in [2.75, 3.05) is 17.2 Å². The molecule has 2 aromatic heterocycles. The van der Waals surface area contributed by atoms with Crippen LogP contribution in [0.25, 0.3) is 11.0 Å². The van der Waals surface area contributed by atoms with Crippen molar-refractivity contribution in [1.82, 2.24) is 14.5 Å². The third kappa shape index (κ3) is 3.16. The van der Waals surface area contributed by atoms with Crippen molar-refractivity contribution in [3.63, 3.8) is 0 Å². The topological polar surface area (TPSA) is 71.0 Å². The number of nitrogens with zero attached hydrogens (tertiary/aromatic N) is 3. The summed E-state index contributed by atoms with van der Waals surface area (Å²) in [5, 5.41) is 0.585. The molecule has 140 valence electrons. The maximum Gasteiger partial charge on any atom is 0.278 e. The van der Waals surface area contributed by atoms with Gasteiger partial charge in [0, 0.05) is 24.0 Å². The summed E-state index contributed by atoms with van der Waals surface area (Å²) in [5.41, 5.74) is 4.17. The molecule has 0 saturated heterocycles. The molecule has 0 fully saturated rings. The SMILES string of the molecule is Cc1cc2nc(SCC(=O)N3CCc4ccccc43)n(C(C)C)c(=O)c2[nH]1. The number of thioether (sulfide) groups is 1. The van der Waals surface area contributed by atoms with E-state index in [1.54, 1.807) is 4.57 Å². The number of para-hydroxylation sites is 1. The average Bonchev–Trinajstić information content (AvgIpc) is 3.22. The van der Waals surface area contributed by atoms with Crippen LogP contribution in [0.1, 0.15) is 31.1 Å². The molecule has 0 aliphatic carbocycles. The molecule has 0 radical (unpaired) electrons. The molecule has 1 aliphatic heterocycles. The molecule has 1 aromatic carbocycles. The number of benzene rings is 1. The number of aromatic amines is 1. The number of aromatic nitrogens is 3. The van der Waals surface area contributed by atoms with Crippen LogP contribution in [0, 0.1) is 6.92 Å². The van der Waals surface area contributed by atoms with E-state index in [1.807, 2.05) is 49.9 Å². The minimum absolute atomic E-state index is 0.0388. The second-order valence-electron chi connectivity index (χ2n) is 7.09. The molecule has 3 heterocycles. The lowest BCUT2D eigenvalue weighted by Crippen LogP contribution is -2.31. The fourth-order valence-electron chi connectivity index (χ4n) is 3.55. The van der Waals surface area contributed by atoms with Crippen LogP contribution in [0.15, 0.2) is 40.3 Å². The molecule has 1 aliphatic rings. The molecule has 6 nitrogen and oxygen atoms in total. The lowest BCUT2D eigenvalue weighted by Gasteiger charge is -2.18. The second kappa shape index (κ2) is 6.88. The van der Waals surface area contributed by atoms with Gasteiger partial charge in [0.2, 0.25) is 5.91 Å². The van der Waals surface area contributed by atoms with Crippen molar-refractivity contribution in [2.45, 2.75) is 38.4 Å². The van der Waals surface area contributed by atoms with Gasteiger partial charge in [-0.05, 0) is 44.9 Å². The number of rotatable bonds is 4. The summed E-state index contributed by atoms with van der Waals surface area (Å²) in [7, 11) is 0. The summed E-state index contributed by atoms with van der Waals surface area (Å²) in [5.74, 6) is 0.294. The Hall–Kier alpha value is -2.54. The van der Waals surface area contributed by atoms with Crippen LogP contribution in [0.4, 0.5) is 5.69 Å². The number of carbonyl (C=O) groups excluding carboxylic acids is 1. The Kier molecular flexibility index (Phi) is 4.55. The van der Waals surface area contributed by atoms with Crippen molar-refractivity contribution in [3.8, 4) is 0 Å². The summed E-state index contributed by atoms with van der Waals surface area (Å²) in [6.45, 7) is 6.52. The molecule has 0 atom stereocenters. The van der Waals surface area contributed by atoms with Crippen LogP contribution in [-0.4, -0.2) is 32.7 Å². The highest BCUT2D eigenvalue weighted by Crippen LogP contribution is 2.29. The number of hydrogen-bond donors (Lipinski definition) is 1. The van der Waals surface area contributed by atoms with E-state index in [-0.39, 0.29) is 23.3 Å². The molecule has 27 heavy (non-hydrogen) atoms. The van der Waals surface area contributed by atoms with Crippen molar-refractivity contribution >= 4 is 34.4 Å². The van der Waals surface area contributed by atoms with Crippen molar-refractivity contribution < 1.29 is 4.79 Å². The van der Waals surface area contributed by atoms with Crippen LogP contribution < -0.4 is 10.5 Å². The highest BCUT2D eigenvalue weighted by molar-refractivity contribution is 7.99. The van der Waals surface area contributed by atoms with E-state index < -0.39 is 0 Å². The van der Waals surface area contributed by atoms with Crippen LogP contribution in [0.3, 0.4) is 0 Å². The highest BCUT2D eigenvalue weighted by Gasteiger charge is 2.25. The maximum absolute atomic E-state index is 12.9. The van der Waals surface area contributed by atoms with Crippen molar-refractivity contribution in [3.05, 3.63) is 51.9 Å². The Morgan fingerprint density at radius 3 is 2.89 bits per heavy atom. The Balaban J connectivity index is 1.61. The number of amides is 1. The number of H-pyrrole nitrogens is 1. The molecule has 0 spiro atoms. The third-order valence-electron chi connectivity index (χ3n) is 4.82. The number of anilines is 1. The van der Waals surface area contributed by atoms with Gasteiger partial charge in [0.25, 0.3) is 5.56 Å². The summed E-state index contributed by atoms with van der Waals surface area (Å²) >= 11 is 1.33. The van der Waals surface area contributed by atoms with Crippen LogP contribution in [0.2, 0.25) is 0 Å². The molecular weight excluding hydrogens is 360 g/mol. The Labute approximate surface area is 161 Å². The molecular formula is C20H22N4O2S. The first kappa shape index (κ1) is 17.9. The van der Waals surface area contributed by atoms with Gasteiger partial charge in [-0.25, -0.2) is 4.98 Å². The molecule has 3 aromatic rings. The number of hydrogen-bond acceptors (Lipinski definition) is 4. The number of nitrogens with one attached hydrogen (secondary N) is 1. The Morgan fingerprint density at radius 2 is 2.11 bits per heavy atom. The first-order valence-corrected chi connectivity index (χ1v) is 10.1. The van der Waals surface area contributed by atoms with Gasteiger partial charge < -0.3 is 9.88 Å². The average molecular weight is 382 g/mol. The lowest BCUT2D eigenvalue weighted by atomic mass is 10.2. The van der Waals surface area contributed by atoms with Crippen LogP contribution in [-0.2, 0) is 11.2 Å². The van der Waals surface area contributed by atoms with E-state index in [0.717, 1.165) is 17.8 Å². The van der Waals surface area contributed by atoms with E-state index in [4.69, 9.17) is 0 Å². The van der Waals surface area contributed by atoms with Crippen molar-refractivity contribution in [2.24, 2.45) is 0 Å². The van der Waals surface area contributed by atoms with E-state index in [0.29, 0.717) is 22.7 Å².